The fourth-order valence-corrected chi connectivity index (χ4v) is 3.72. The summed E-state index contributed by atoms with van der Waals surface area (Å²) in [4.78, 5) is 29.1. The fraction of sp³-hybridized carbons (Fsp3) is 0.400. The molecule has 0 atom stereocenters. The van der Waals surface area contributed by atoms with Crippen LogP contribution < -0.4 is 9.64 Å². The molecule has 0 unspecified atom stereocenters. The van der Waals surface area contributed by atoms with E-state index in [1.165, 1.54) is 18.4 Å². The molecular formula is C20H23N5O2. The van der Waals surface area contributed by atoms with Gasteiger partial charge in [0, 0.05) is 31.5 Å². The second kappa shape index (κ2) is 7.73. The molecule has 3 heterocycles. The van der Waals surface area contributed by atoms with Crippen molar-refractivity contribution in [3.05, 3.63) is 42.0 Å². The topological polar surface area (TPSA) is 84.0 Å². The van der Waals surface area contributed by atoms with Crippen LogP contribution in [0.3, 0.4) is 0 Å². The van der Waals surface area contributed by atoms with Gasteiger partial charge in [0.1, 0.15) is 23.4 Å². The van der Waals surface area contributed by atoms with Gasteiger partial charge in [0.15, 0.2) is 11.5 Å². The van der Waals surface area contributed by atoms with Gasteiger partial charge < -0.3 is 14.6 Å². The zero-order chi connectivity index (χ0) is 18.6. The lowest BCUT2D eigenvalue weighted by atomic mass is 9.90. The SMILES string of the molecule is COc1cccc2c1CC(=O)CC2.c1nc(N2CCCC2)c2[nH]cnc2n1. The molecule has 1 aromatic carbocycles. The number of aromatic nitrogens is 4. The van der Waals surface area contributed by atoms with E-state index in [-0.39, 0.29) is 0 Å². The summed E-state index contributed by atoms with van der Waals surface area (Å²) in [5.41, 5.74) is 4.05. The number of ether oxygens (including phenoxy) is 1. The number of imidazole rings is 1. The number of Topliss-reactive ketones (excluding diaryl/α,β-unsaturated/α-hetero) is 1. The number of nitrogens with zero attached hydrogens (tertiary/aromatic N) is 4. The number of aromatic amines is 1. The fourth-order valence-electron chi connectivity index (χ4n) is 3.72. The molecule has 7 heteroatoms. The number of methoxy groups -OCH3 is 1. The summed E-state index contributed by atoms with van der Waals surface area (Å²) in [6.07, 6.45) is 7.83. The molecule has 7 nitrogen and oxygen atoms in total. The predicted molar refractivity (Wildman–Crippen MR) is 103 cm³/mol. The van der Waals surface area contributed by atoms with Crippen molar-refractivity contribution < 1.29 is 9.53 Å². The van der Waals surface area contributed by atoms with Gasteiger partial charge in [0.2, 0.25) is 0 Å². The lowest BCUT2D eigenvalue weighted by Gasteiger charge is -2.17. The van der Waals surface area contributed by atoms with Gasteiger partial charge in [-0.1, -0.05) is 12.1 Å². The minimum absolute atomic E-state index is 0.317. The highest BCUT2D eigenvalue weighted by Crippen LogP contribution is 2.27. The van der Waals surface area contributed by atoms with Gasteiger partial charge in [-0.05, 0) is 30.9 Å². The van der Waals surface area contributed by atoms with E-state index in [1.807, 2.05) is 12.1 Å². The number of ketones is 1. The minimum Gasteiger partial charge on any atom is -0.496 e. The standard InChI is InChI=1S/C11H12O2.C9H11N5/c1-13-11-4-2-3-8-5-6-9(12)7-10(8)11;1-2-4-14(3-1)9-7-8(11-5-10-7)12-6-13-9/h2-4H,5-7H2,1H3;5-6H,1-4H2,(H,10,11,12,13). The number of H-pyrrole nitrogens is 1. The van der Waals surface area contributed by atoms with Crippen LogP contribution in [-0.2, 0) is 17.6 Å². The Morgan fingerprint density at radius 1 is 1.11 bits per heavy atom. The van der Waals surface area contributed by atoms with Gasteiger partial charge >= 0.3 is 0 Å². The Balaban J connectivity index is 0.000000134. The number of anilines is 1. The molecular weight excluding hydrogens is 342 g/mol. The summed E-state index contributed by atoms with van der Waals surface area (Å²) < 4.78 is 5.21. The summed E-state index contributed by atoms with van der Waals surface area (Å²) >= 11 is 0. The molecule has 0 amide bonds. The second-order valence-corrected chi connectivity index (χ2v) is 6.81. The summed E-state index contributed by atoms with van der Waals surface area (Å²) in [7, 11) is 1.65. The van der Waals surface area contributed by atoms with Crippen molar-refractivity contribution in [1.82, 2.24) is 19.9 Å². The van der Waals surface area contributed by atoms with E-state index in [0.717, 1.165) is 47.8 Å². The highest BCUT2D eigenvalue weighted by molar-refractivity contribution is 5.84. The molecule has 0 bridgehead atoms. The Morgan fingerprint density at radius 2 is 1.96 bits per heavy atom. The van der Waals surface area contributed by atoms with Crippen molar-refractivity contribution in [2.45, 2.75) is 32.1 Å². The van der Waals surface area contributed by atoms with Gasteiger partial charge in [-0.25, -0.2) is 15.0 Å². The lowest BCUT2D eigenvalue weighted by molar-refractivity contribution is -0.118. The first-order valence-electron chi connectivity index (χ1n) is 9.31. The third-order valence-corrected chi connectivity index (χ3v) is 5.11. The first-order chi connectivity index (χ1) is 13.3. The molecule has 27 heavy (non-hydrogen) atoms. The zero-order valence-corrected chi connectivity index (χ0v) is 15.4. The maximum atomic E-state index is 11.2. The molecule has 1 N–H and O–H groups in total. The zero-order valence-electron chi connectivity index (χ0n) is 15.4. The molecule has 2 aliphatic rings. The van der Waals surface area contributed by atoms with Crippen molar-refractivity contribution in [3.63, 3.8) is 0 Å². The van der Waals surface area contributed by atoms with E-state index in [1.54, 1.807) is 19.8 Å². The van der Waals surface area contributed by atoms with Crippen molar-refractivity contribution >= 4 is 22.8 Å². The van der Waals surface area contributed by atoms with Crippen LogP contribution in [-0.4, -0.2) is 45.9 Å². The van der Waals surface area contributed by atoms with Crippen LogP contribution in [0, 0.1) is 0 Å². The molecule has 1 aliphatic carbocycles. The number of benzene rings is 1. The van der Waals surface area contributed by atoms with E-state index in [2.05, 4.69) is 30.9 Å². The van der Waals surface area contributed by atoms with Gasteiger partial charge in [-0.2, -0.15) is 0 Å². The maximum absolute atomic E-state index is 11.2. The second-order valence-electron chi connectivity index (χ2n) is 6.81. The van der Waals surface area contributed by atoms with Crippen LogP contribution in [0.5, 0.6) is 5.75 Å². The van der Waals surface area contributed by atoms with Gasteiger partial charge in [0.05, 0.1) is 13.4 Å². The largest absolute Gasteiger partial charge is 0.496 e. The Labute approximate surface area is 157 Å². The minimum atomic E-state index is 0.317. The van der Waals surface area contributed by atoms with E-state index >= 15 is 0 Å². The highest BCUT2D eigenvalue weighted by Gasteiger charge is 2.18. The molecule has 0 spiro atoms. The van der Waals surface area contributed by atoms with Crippen LogP contribution >= 0.6 is 0 Å². The summed E-state index contributed by atoms with van der Waals surface area (Å²) in [5, 5.41) is 0. The number of carbonyl (C=O) groups excluding carboxylic acids is 1. The number of carbonyl (C=O) groups is 1. The summed E-state index contributed by atoms with van der Waals surface area (Å²) in [5.74, 6) is 2.16. The molecule has 140 valence electrons. The number of hydrogen-bond donors (Lipinski definition) is 1. The molecule has 3 aromatic rings. The Bertz CT molecular complexity index is 932. The quantitative estimate of drug-likeness (QED) is 0.752. The number of nitrogens with one attached hydrogen (secondary N) is 1. The number of hydrogen-bond acceptors (Lipinski definition) is 6. The first kappa shape index (κ1) is 17.5. The first-order valence-corrected chi connectivity index (χ1v) is 9.31. The molecule has 0 saturated carbocycles. The molecule has 1 fully saturated rings. The average Bonchev–Trinajstić information content (AvgIpc) is 3.39. The van der Waals surface area contributed by atoms with E-state index in [4.69, 9.17) is 4.74 Å². The van der Waals surface area contributed by atoms with E-state index < -0.39 is 0 Å². The van der Waals surface area contributed by atoms with Crippen LogP contribution in [0.2, 0.25) is 0 Å². The van der Waals surface area contributed by atoms with Crippen LogP contribution in [0.1, 0.15) is 30.4 Å². The number of aryl methyl sites for hydroxylation is 1. The van der Waals surface area contributed by atoms with Crippen molar-refractivity contribution in [1.29, 1.82) is 0 Å². The van der Waals surface area contributed by atoms with Gasteiger partial charge in [0.25, 0.3) is 0 Å². The van der Waals surface area contributed by atoms with Crippen molar-refractivity contribution in [3.8, 4) is 5.75 Å². The summed E-state index contributed by atoms with van der Waals surface area (Å²) in [6.45, 7) is 2.18. The smallest absolute Gasteiger partial charge is 0.182 e. The van der Waals surface area contributed by atoms with E-state index in [9.17, 15) is 4.79 Å². The predicted octanol–water partition coefficient (Wildman–Crippen LogP) is 2.71. The Morgan fingerprint density at radius 3 is 2.78 bits per heavy atom. The molecule has 1 aliphatic heterocycles. The van der Waals surface area contributed by atoms with Crippen LogP contribution in [0.4, 0.5) is 5.82 Å². The molecule has 1 saturated heterocycles. The van der Waals surface area contributed by atoms with Gasteiger partial charge in [-0.3, -0.25) is 4.79 Å². The molecule has 0 radical (unpaired) electrons. The third kappa shape index (κ3) is 3.63. The normalized spacial score (nSPS) is 16.0. The highest BCUT2D eigenvalue weighted by atomic mass is 16.5. The Hall–Kier alpha value is -2.96. The van der Waals surface area contributed by atoms with Crippen molar-refractivity contribution in [2.24, 2.45) is 0 Å². The third-order valence-electron chi connectivity index (χ3n) is 5.11. The van der Waals surface area contributed by atoms with Crippen molar-refractivity contribution in [2.75, 3.05) is 25.1 Å². The number of rotatable bonds is 2. The monoisotopic (exact) mass is 365 g/mol. The van der Waals surface area contributed by atoms with Gasteiger partial charge in [-0.15, -0.1) is 0 Å². The number of fused-ring (bicyclic) bond motifs is 2. The van der Waals surface area contributed by atoms with Crippen LogP contribution in [0.25, 0.3) is 11.2 Å². The average molecular weight is 365 g/mol. The summed E-state index contributed by atoms with van der Waals surface area (Å²) in [6, 6.07) is 5.97. The Kier molecular flexibility index (Phi) is 5.00. The lowest BCUT2D eigenvalue weighted by Crippen LogP contribution is -2.19. The van der Waals surface area contributed by atoms with E-state index in [0.29, 0.717) is 18.6 Å². The molecule has 5 rings (SSSR count). The maximum Gasteiger partial charge on any atom is 0.182 e. The van der Waals surface area contributed by atoms with Crippen LogP contribution in [0.15, 0.2) is 30.9 Å². The molecule has 2 aromatic heterocycles.